The Kier molecular flexibility index (Phi) is 8.43. The van der Waals surface area contributed by atoms with Crippen LogP contribution in [0.2, 0.25) is 10.0 Å². The standard InChI is InChI=1S/C27H21Cl2NO6S/c1-3-35-22-13-17(12-21(29)24(22)36-26(32)18-7-9-20(34-2)10-8-18)14-23-25(31)30(27(33)37-23)15-16-5-4-6-19(28)11-16/h4-14H,3,15H2,1-2H3/b23-14-. The van der Waals surface area contributed by atoms with Crippen LogP contribution < -0.4 is 14.2 Å². The molecule has 1 aliphatic rings. The molecule has 4 rings (SSSR count). The zero-order valence-corrected chi connectivity index (χ0v) is 22.2. The van der Waals surface area contributed by atoms with Gasteiger partial charge in [0.2, 0.25) is 0 Å². The number of thioether (sulfide) groups is 1. The number of benzene rings is 3. The molecule has 1 saturated heterocycles. The van der Waals surface area contributed by atoms with Crippen molar-refractivity contribution in [2.75, 3.05) is 13.7 Å². The summed E-state index contributed by atoms with van der Waals surface area (Å²) >= 11 is 13.3. The molecule has 10 heteroatoms. The highest BCUT2D eigenvalue weighted by Gasteiger charge is 2.35. The van der Waals surface area contributed by atoms with Gasteiger partial charge in [0.1, 0.15) is 5.75 Å². The van der Waals surface area contributed by atoms with E-state index in [0.29, 0.717) is 21.9 Å². The zero-order valence-electron chi connectivity index (χ0n) is 19.8. The van der Waals surface area contributed by atoms with Crippen molar-refractivity contribution in [2.45, 2.75) is 13.5 Å². The van der Waals surface area contributed by atoms with Gasteiger partial charge in [-0.2, -0.15) is 0 Å². The van der Waals surface area contributed by atoms with Crippen LogP contribution >= 0.6 is 35.0 Å². The number of amides is 2. The van der Waals surface area contributed by atoms with Gasteiger partial charge in [0.05, 0.1) is 35.8 Å². The van der Waals surface area contributed by atoms with Gasteiger partial charge in [-0.05, 0) is 84.4 Å². The Morgan fingerprint density at radius 2 is 1.81 bits per heavy atom. The van der Waals surface area contributed by atoms with E-state index in [0.717, 1.165) is 22.2 Å². The monoisotopic (exact) mass is 557 g/mol. The zero-order chi connectivity index (χ0) is 26.5. The van der Waals surface area contributed by atoms with E-state index in [1.54, 1.807) is 67.6 Å². The molecule has 1 fully saturated rings. The lowest BCUT2D eigenvalue weighted by atomic mass is 10.1. The first-order valence-electron chi connectivity index (χ1n) is 11.1. The van der Waals surface area contributed by atoms with Gasteiger partial charge in [-0.1, -0.05) is 35.3 Å². The second-order valence-corrected chi connectivity index (χ2v) is 9.62. The average molecular weight is 558 g/mol. The molecule has 0 aromatic heterocycles. The second kappa shape index (κ2) is 11.7. The number of hydrogen-bond acceptors (Lipinski definition) is 7. The lowest BCUT2D eigenvalue weighted by Gasteiger charge is -2.14. The molecular formula is C27H21Cl2NO6S. The van der Waals surface area contributed by atoms with Crippen molar-refractivity contribution in [3.63, 3.8) is 0 Å². The van der Waals surface area contributed by atoms with Crippen LogP contribution in [0, 0.1) is 0 Å². The molecule has 190 valence electrons. The summed E-state index contributed by atoms with van der Waals surface area (Å²) in [4.78, 5) is 39.6. The van der Waals surface area contributed by atoms with Gasteiger partial charge >= 0.3 is 5.97 Å². The molecule has 0 unspecified atom stereocenters. The highest BCUT2D eigenvalue weighted by molar-refractivity contribution is 8.18. The lowest BCUT2D eigenvalue weighted by molar-refractivity contribution is -0.123. The van der Waals surface area contributed by atoms with Gasteiger partial charge in [-0.3, -0.25) is 14.5 Å². The second-order valence-electron chi connectivity index (χ2n) is 7.78. The van der Waals surface area contributed by atoms with Crippen molar-refractivity contribution in [3.8, 4) is 17.2 Å². The molecule has 7 nitrogen and oxygen atoms in total. The predicted octanol–water partition coefficient (Wildman–Crippen LogP) is 6.86. The third-order valence-corrected chi connectivity index (χ3v) is 6.68. The fourth-order valence-corrected chi connectivity index (χ4v) is 4.83. The van der Waals surface area contributed by atoms with E-state index in [1.165, 1.54) is 13.2 Å². The van der Waals surface area contributed by atoms with Crippen molar-refractivity contribution in [3.05, 3.63) is 92.3 Å². The maximum Gasteiger partial charge on any atom is 0.343 e. The number of carbonyl (C=O) groups is 3. The number of rotatable bonds is 8. The number of halogens is 2. The third-order valence-electron chi connectivity index (χ3n) is 5.25. The highest BCUT2D eigenvalue weighted by atomic mass is 35.5. The summed E-state index contributed by atoms with van der Waals surface area (Å²) < 4.78 is 16.3. The highest BCUT2D eigenvalue weighted by Crippen LogP contribution is 2.40. The predicted molar refractivity (Wildman–Crippen MR) is 144 cm³/mol. The third kappa shape index (κ3) is 6.28. The summed E-state index contributed by atoms with van der Waals surface area (Å²) in [7, 11) is 1.53. The Hall–Kier alpha value is -3.46. The van der Waals surface area contributed by atoms with Crippen molar-refractivity contribution in [1.29, 1.82) is 0 Å². The Morgan fingerprint density at radius 3 is 2.49 bits per heavy atom. The van der Waals surface area contributed by atoms with Crippen molar-refractivity contribution in [1.82, 2.24) is 4.90 Å². The van der Waals surface area contributed by atoms with E-state index in [-0.39, 0.29) is 34.6 Å². The molecule has 0 radical (unpaired) electrons. The summed E-state index contributed by atoms with van der Waals surface area (Å²) in [5.74, 6) is -0.179. The molecule has 0 saturated carbocycles. The Morgan fingerprint density at radius 1 is 1.05 bits per heavy atom. The Labute approximate surface area is 227 Å². The molecule has 0 bridgehead atoms. The number of hydrogen-bond donors (Lipinski definition) is 0. The van der Waals surface area contributed by atoms with Gasteiger partial charge in [0, 0.05) is 5.02 Å². The maximum absolute atomic E-state index is 13.0. The van der Waals surface area contributed by atoms with Gasteiger partial charge in [-0.25, -0.2) is 4.79 Å². The molecule has 3 aromatic carbocycles. The SMILES string of the molecule is CCOc1cc(/C=C2\SC(=O)N(Cc3cccc(Cl)c3)C2=O)cc(Cl)c1OC(=O)c1ccc(OC)cc1. The number of methoxy groups -OCH3 is 1. The average Bonchev–Trinajstić information content (AvgIpc) is 3.13. The molecule has 0 aliphatic carbocycles. The molecule has 0 N–H and O–H groups in total. The molecule has 0 spiro atoms. The van der Waals surface area contributed by atoms with Crippen LogP contribution in [0.15, 0.2) is 65.6 Å². The number of esters is 1. The van der Waals surface area contributed by atoms with Crippen LogP contribution in [-0.4, -0.2) is 35.7 Å². The summed E-state index contributed by atoms with van der Waals surface area (Å²) in [5, 5.41) is 0.237. The number of carbonyl (C=O) groups excluding carboxylic acids is 3. The lowest BCUT2D eigenvalue weighted by Crippen LogP contribution is -2.27. The van der Waals surface area contributed by atoms with Crippen LogP contribution in [0.4, 0.5) is 4.79 Å². The molecule has 1 heterocycles. The van der Waals surface area contributed by atoms with Gasteiger partial charge in [-0.15, -0.1) is 0 Å². The van der Waals surface area contributed by atoms with Crippen LogP contribution in [0.1, 0.15) is 28.4 Å². The molecule has 37 heavy (non-hydrogen) atoms. The first-order chi connectivity index (χ1) is 17.8. The van der Waals surface area contributed by atoms with Crippen LogP contribution in [0.25, 0.3) is 6.08 Å². The Balaban J connectivity index is 1.57. The van der Waals surface area contributed by atoms with E-state index in [4.69, 9.17) is 37.4 Å². The fourth-order valence-electron chi connectivity index (χ4n) is 3.52. The first kappa shape index (κ1) is 26.6. The van der Waals surface area contributed by atoms with E-state index in [1.807, 2.05) is 0 Å². The number of ether oxygens (including phenoxy) is 3. The van der Waals surface area contributed by atoms with Gasteiger partial charge in [0.15, 0.2) is 11.5 Å². The van der Waals surface area contributed by atoms with Crippen LogP contribution in [0.5, 0.6) is 17.2 Å². The molecular weight excluding hydrogens is 537 g/mol. The minimum Gasteiger partial charge on any atom is -0.497 e. The molecule has 1 aliphatic heterocycles. The number of imide groups is 1. The van der Waals surface area contributed by atoms with Gasteiger partial charge < -0.3 is 14.2 Å². The molecule has 3 aromatic rings. The minimum atomic E-state index is -0.625. The summed E-state index contributed by atoms with van der Waals surface area (Å²) in [6.07, 6.45) is 1.55. The molecule has 0 atom stereocenters. The largest absolute Gasteiger partial charge is 0.497 e. The summed E-state index contributed by atoms with van der Waals surface area (Å²) in [5.41, 5.74) is 1.54. The van der Waals surface area contributed by atoms with E-state index >= 15 is 0 Å². The smallest absolute Gasteiger partial charge is 0.343 e. The van der Waals surface area contributed by atoms with Crippen LogP contribution in [0.3, 0.4) is 0 Å². The minimum absolute atomic E-state index is 0.0514. The van der Waals surface area contributed by atoms with E-state index in [9.17, 15) is 14.4 Å². The van der Waals surface area contributed by atoms with Crippen LogP contribution in [-0.2, 0) is 11.3 Å². The van der Waals surface area contributed by atoms with Crippen molar-refractivity contribution >= 4 is 58.2 Å². The number of nitrogens with zero attached hydrogens (tertiary/aromatic N) is 1. The van der Waals surface area contributed by atoms with Gasteiger partial charge in [0.25, 0.3) is 11.1 Å². The van der Waals surface area contributed by atoms with Crippen molar-refractivity contribution in [2.24, 2.45) is 0 Å². The summed E-state index contributed by atoms with van der Waals surface area (Å²) in [6, 6.07) is 16.5. The first-order valence-corrected chi connectivity index (χ1v) is 12.7. The van der Waals surface area contributed by atoms with E-state index < -0.39 is 17.1 Å². The topological polar surface area (TPSA) is 82.1 Å². The molecule has 2 amide bonds. The maximum atomic E-state index is 13.0. The quantitative estimate of drug-likeness (QED) is 0.170. The Bertz CT molecular complexity index is 1390. The normalized spacial score (nSPS) is 14.3. The van der Waals surface area contributed by atoms with Crippen molar-refractivity contribution < 1.29 is 28.6 Å². The fraction of sp³-hybridized carbons (Fsp3) is 0.148. The summed E-state index contributed by atoms with van der Waals surface area (Å²) in [6.45, 7) is 2.16. The van der Waals surface area contributed by atoms with E-state index in [2.05, 4.69) is 0 Å².